The van der Waals surface area contributed by atoms with Crippen molar-refractivity contribution in [2.24, 2.45) is 28.5 Å². The van der Waals surface area contributed by atoms with Crippen LogP contribution in [-0.4, -0.2) is 17.5 Å². The first kappa shape index (κ1) is 13.9. The Hall–Kier alpha value is -1.51. The molecule has 0 saturated heterocycles. The summed E-state index contributed by atoms with van der Waals surface area (Å²) in [6.07, 6.45) is 9.52. The number of nitrogens with zero attached hydrogens (tertiary/aromatic N) is 1. The number of benzene rings is 1. The minimum absolute atomic E-state index is 0.277. The van der Waals surface area contributed by atoms with Gasteiger partial charge in [0.2, 0.25) is 0 Å². The fourth-order valence-corrected chi connectivity index (χ4v) is 6.13. The second-order valence-corrected chi connectivity index (χ2v) is 8.66. The Balaban J connectivity index is 1.26. The molecule has 0 amide bonds. The highest BCUT2D eigenvalue weighted by molar-refractivity contribution is 5.79. The van der Waals surface area contributed by atoms with E-state index in [1.807, 2.05) is 0 Å². The number of nitrogens with two attached hydrogens (primary N) is 1. The Morgan fingerprint density at radius 3 is 2.17 bits per heavy atom. The van der Waals surface area contributed by atoms with E-state index in [0.717, 1.165) is 24.2 Å². The lowest BCUT2D eigenvalue weighted by Gasteiger charge is -2.57. The second-order valence-electron chi connectivity index (χ2n) is 8.66. The van der Waals surface area contributed by atoms with Gasteiger partial charge in [0.1, 0.15) is 0 Å². The lowest BCUT2D eigenvalue weighted by molar-refractivity contribution is -0.0102. The topological polar surface area (TPSA) is 50.4 Å². The minimum Gasteiger partial charge on any atom is -0.370 e. The molecular weight excluding hydrogens is 282 g/mol. The maximum Gasteiger partial charge on any atom is 0.189 e. The van der Waals surface area contributed by atoms with E-state index >= 15 is 0 Å². The van der Waals surface area contributed by atoms with Crippen LogP contribution in [0.3, 0.4) is 0 Å². The largest absolute Gasteiger partial charge is 0.370 e. The Bertz CT molecular complexity index is 586. The van der Waals surface area contributed by atoms with Gasteiger partial charge in [0.25, 0.3) is 0 Å². The highest BCUT2D eigenvalue weighted by atomic mass is 15.2. The van der Waals surface area contributed by atoms with Crippen LogP contribution in [0.1, 0.15) is 56.4 Å². The third-order valence-electron chi connectivity index (χ3n) is 6.72. The van der Waals surface area contributed by atoms with Crippen molar-refractivity contribution in [2.75, 3.05) is 0 Å². The van der Waals surface area contributed by atoms with Crippen LogP contribution in [0.2, 0.25) is 0 Å². The zero-order valence-electron chi connectivity index (χ0n) is 13.7. The Morgan fingerprint density at radius 2 is 1.57 bits per heavy atom. The van der Waals surface area contributed by atoms with E-state index < -0.39 is 0 Å². The van der Waals surface area contributed by atoms with Crippen molar-refractivity contribution in [3.63, 3.8) is 0 Å². The van der Waals surface area contributed by atoms with Gasteiger partial charge < -0.3 is 11.1 Å². The van der Waals surface area contributed by atoms with E-state index in [1.165, 1.54) is 44.1 Å². The van der Waals surface area contributed by atoms with Gasteiger partial charge in [0, 0.05) is 11.5 Å². The van der Waals surface area contributed by atoms with Crippen molar-refractivity contribution >= 4 is 5.96 Å². The quantitative estimate of drug-likeness (QED) is 0.664. The van der Waals surface area contributed by atoms with Crippen molar-refractivity contribution in [3.8, 4) is 0 Å². The molecule has 0 unspecified atom stereocenters. The van der Waals surface area contributed by atoms with Gasteiger partial charge in [-0.25, -0.2) is 4.99 Å². The molecule has 0 aliphatic heterocycles. The van der Waals surface area contributed by atoms with Crippen LogP contribution >= 0.6 is 0 Å². The van der Waals surface area contributed by atoms with E-state index in [1.54, 1.807) is 0 Å². The van der Waals surface area contributed by atoms with Crippen molar-refractivity contribution in [2.45, 2.75) is 62.4 Å². The summed E-state index contributed by atoms with van der Waals surface area (Å²) >= 11 is 0. The third-order valence-corrected chi connectivity index (χ3v) is 6.72. The number of hydrogen-bond donors (Lipinski definition) is 2. The number of aliphatic imine (C=N–C) groups is 1. The number of hydrogen-bond acceptors (Lipinski definition) is 1. The fraction of sp³-hybridized carbons (Fsp3) is 0.650. The van der Waals surface area contributed by atoms with Crippen LogP contribution in [-0.2, 0) is 0 Å². The molecule has 3 N–H and O–H groups in total. The summed E-state index contributed by atoms with van der Waals surface area (Å²) in [4.78, 5) is 4.81. The maximum atomic E-state index is 6.32. The zero-order chi connectivity index (χ0) is 15.4. The predicted octanol–water partition coefficient (Wildman–Crippen LogP) is 3.42. The summed E-state index contributed by atoms with van der Waals surface area (Å²) in [6.45, 7) is 0. The van der Waals surface area contributed by atoms with Crippen molar-refractivity contribution in [1.82, 2.24) is 5.32 Å². The molecule has 5 aliphatic carbocycles. The monoisotopic (exact) mass is 309 g/mol. The molecular formula is C20H27N3. The van der Waals surface area contributed by atoms with Gasteiger partial charge in [-0.15, -0.1) is 0 Å². The molecule has 0 spiro atoms. The van der Waals surface area contributed by atoms with Crippen LogP contribution < -0.4 is 11.1 Å². The molecule has 3 nitrogen and oxygen atoms in total. The Kier molecular flexibility index (Phi) is 3.01. The van der Waals surface area contributed by atoms with Crippen LogP contribution in [0.5, 0.6) is 0 Å². The zero-order valence-corrected chi connectivity index (χ0v) is 13.7. The van der Waals surface area contributed by atoms with Crippen LogP contribution in [0.15, 0.2) is 35.3 Å². The first-order chi connectivity index (χ1) is 11.2. The molecule has 3 heteroatoms. The standard InChI is InChI=1S/C20H27N3/c21-19(22-18-9-17(18)16-4-2-1-3-5-16)23-20-10-13-6-14(11-20)8-15(7-13)12-20/h1-5,13-15,17-18H,6-12H2,(H3,21,22,23)/t13?,14?,15?,17-,18-,20?/m1/s1. The molecule has 0 heterocycles. The smallest absolute Gasteiger partial charge is 0.189 e. The Labute approximate surface area is 138 Å². The third kappa shape index (κ3) is 2.54. The number of guanidine groups is 1. The van der Waals surface area contributed by atoms with Gasteiger partial charge in [-0.05, 0) is 68.3 Å². The summed E-state index contributed by atoms with van der Waals surface area (Å²) in [6, 6.07) is 11.1. The fourth-order valence-electron chi connectivity index (χ4n) is 6.13. The summed E-state index contributed by atoms with van der Waals surface area (Å²) < 4.78 is 0. The first-order valence-corrected chi connectivity index (χ1v) is 9.35. The van der Waals surface area contributed by atoms with Crippen LogP contribution in [0, 0.1) is 17.8 Å². The normalized spacial score (nSPS) is 44.3. The summed E-state index contributed by atoms with van der Waals surface area (Å²) in [5.41, 5.74) is 8.00. The molecule has 0 radical (unpaired) electrons. The summed E-state index contributed by atoms with van der Waals surface area (Å²) in [5, 5.41) is 3.70. The minimum atomic E-state index is 0.277. The van der Waals surface area contributed by atoms with E-state index in [0.29, 0.717) is 17.9 Å². The number of nitrogens with one attached hydrogen (secondary N) is 1. The lowest BCUT2D eigenvalue weighted by Crippen LogP contribution is -2.61. The predicted molar refractivity (Wildman–Crippen MR) is 93.2 cm³/mol. The number of rotatable bonds is 3. The maximum absolute atomic E-state index is 6.32. The van der Waals surface area contributed by atoms with Crippen LogP contribution in [0.25, 0.3) is 0 Å². The molecule has 6 rings (SSSR count). The first-order valence-electron chi connectivity index (χ1n) is 9.35. The van der Waals surface area contributed by atoms with Crippen LogP contribution in [0.4, 0.5) is 0 Å². The molecule has 5 fully saturated rings. The van der Waals surface area contributed by atoms with Crippen molar-refractivity contribution in [3.05, 3.63) is 35.9 Å². The van der Waals surface area contributed by atoms with Gasteiger partial charge in [-0.3, -0.25) is 0 Å². The molecule has 5 saturated carbocycles. The summed E-state index contributed by atoms with van der Waals surface area (Å²) in [5.74, 6) is 4.11. The molecule has 2 atom stereocenters. The van der Waals surface area contributed by atoms with Gasteiger partial charge in [0.15, 0.2) is 5.96 Å². The van der Waals surface area contributed by atoms with E-state index in [-0.39, 0.29) is 5.54 Å². The van der Waals surface area contributed by atoms with Gasteiger partial charge in [-0.1, -0.05) is 30.3 Å². The molecule has 4 bridgehead atoms. The van der Waals surface area contributed by atoms with E-state index in [4.69, 9.17) is 10.7 Å². The average molecular weight is 309 g/mol. The van der Waals surface area contributed by atoms with E-state index in [2.05, 4.69) is 35.6 Å². The van der Waals surface area contributed by atoms with Gasteiger partial charge >= 0.3 is 0 Å². The summed E-state index contributed by atoms with van der Waals surface area (Å²) in [7, 11) is 0. The van der Waals surface area contributed by atoms with E-state index in [9.17, 15) is 0 Å². The molecule has 5 aliphatic rings. The van der Waals surface area contributed by atoms with Crippen molar-refractivity contribution < 1.29 is 0 Å². The molecule has 122 valence electrons. The molecule has 23 heavy (non-hydrogen) atoms. The van der Waals surface area contributed by atoms with Gasteiger partial charge in [0.05, 0.1) is 6.04 Å². The molecule has 0 aromatic heterocycles. The second kappa shape index (κ2) is 4.99. The molecule has 1 aromatic carbocycles. The Morgan fingerprint density at radius 1 is 0.957 bits per heavy atom. The SMILES string of the molecule is NC(=N[C@@H]1C[C@@H]1c1ccccc1)NC12CC3CC(CC(C3)C1)C2. The average Bonchev–Trinajstić information content (AvgIpc) is 3.25. The highest BCUT2D eigenvalue weighted by Crippen LogP contribution is 2.55. The highest BCUT2D eigenvalue weighted by Gasteiger charge is 2.51. The lowest BCUT2D eigenvalue weighted by atomic mass is 9.53. The van der Waals surface area contributed by atoms with Gasteiger partial charge in [-0.2, -0.15) is 0 Å². The molecule has 1 aromatic rings. The van der Waals surface area contributed by atoms with Crippen molar-refractivity contribution in [1.29, 1.82) is 0 Å².